The van der Waals surface area contributed by atoms with Crippen LogP contribution in [0.25, 0.3) is 22.4 Å². The van der Waals surface area contributed by atoms with E-state index in [1.165, 1.54) is 13.2 Å². The minimum atomic E-state index is -0.441. The average Bonchev–Trinajstić information content (AvgIpc) is 2.81. The number of nitrogens with one attached hydrogen (secondary N) is 1. The molecule has 1 aromatic heterocycles. The van der Waals surface area contributed by atoms with E-state index in [0.29, 0.717) is 22.4 Å². The van der Waals surface area contributed by atoms with Gasteiger partial charge in [0.1, 0.15) is 11.6 Å². The van der Waals surface area contributed by atoms with Crippen LogP contribution in [-0.4, -0.2) is 22.2 Å². The fourth-order valence-corrected chi connectivity index (χ4v) is 1.95. The predicted octanol–water partition coefficient (Wildman–Crippen LogP) is 3.08. The molecule has 0 saturated carbocycles. The van der Waals surface area contributed by atoms with Crippen LogP contribution in [0.15, 0.2) is 36.4 Å². The molecule has 1 heterocycles. The first-order valence-electron chi connectivity index (χ1n) is 5.70. The zero-order valence-electron chi connectivity index (χ0n) is 10.1. The quantitative estimate of drug-likeness (QED) is 0.742. The van der Waals surface area contributed by atoms with E-state index in [4.69, 9.17) is 4.74 Å². The van der Waals surface area contributed by atoms with Gasteiger partial charge in [0.05, 0.1) is 18.1 Å². The first-order chi connectivity index (χ1) is 9.17. The van der Waals surface area contributed by atoms with Gasteiger partial charge in [-0.3, -0.25) is 0 Å². The summed E-state index contributed by atoms with van der Waals surface area (Å²) in [6, 6.07) is 9.46. The van der Waals surface area contributed by atoms with Crippen molar-refractivity contribution >= 4 is 11.0 Å². The lowest BCUT2D eigenvalue weighted by Gasteiger charge is -2.02. The van der Waals surface area contributed by atoms with Gasteiger partial charge in [0, 0.05) is 11.6 Å². The van der Waals surface area contributed by atoms with Gasteiger partial charge in [-0.2, -0.15) is 0 Å². The van der Waals surface area contributed by atoms with Crippen molar-refractivity contribution in [3.8, 4) is 22.9 Å². The second-order valence-corrected chi connectivity index (χ2v) is 4.14. The highest BCUT2D eigenvalue weighted by atomic mass is 19.1. The monoisotopic (exact) mass is 258 g/mol. The topological polar surface area (TPSA) is 58.1 Å². The number of ether oxygens (including phenoxy) is 1. The van der Waals surface area contributed by atoms with E-state index in [1.54, 1.807) is 30.3 Å². The third-order valence-corrected chi connectivity index (χ3v) is 2.89. The Kier molecular flexibility index (Phi) is 2.59. The van der Waals surface area contributed by atoms with Crippen LogP contribution in [-0.2, 0) is 0 Å². The molecule has 0 radical (unpaired) electrons. The van der Waals surface area contributed by atoms with E-state index in [1.807, 2.05) is 0 Å². The molecule has 19 heavy (non-hydrogen) atoms. The Morgan fingerprint density at radius 1 is 1.21 bits per heavy atom. The maximum absolute atomic E-state index is 13.6. The lowest BCUT2D eigenvalue weighted by molar-refractivity contribution is 0.386. The Labute approximate surface area is 108 Å². The van der Waals surface area contributed by atoms with Crippen LogP contribution in [0.3, 0.4) is 0 Å². The Hall–Kier alpha value is -2.56. The number of imidazole rings is 1. The summed E-state index contributed by atoms with van der Waals surface area (Å²) in [4.78, 5) is 7.39. The van der Waals surface area contributed by atoms with Gasteiger partial charge in [-0.05, 0) is 30.3 Å². The van der Waals surface area contributed by atoms with Crippen LogP contribution in [0.4, 0.5) is 4.39 Å². The van der Waals surface area contributed by atoms with Gasteiger partial charge in [-0.15, -0.1) is 0 Å². The fourth-order valence-electron chi connectivity index (χ4n) is 1.95. The lowest BCUT2D eigenvalue weighted by atomic mass is 10.2. The summed E-state index contributed by atoms with van der Waals surface area (Å²) in [7, 11) is 1.42. The van der Waals surface area contributed by atoms with Crippen molar-refractivity contribution in [2.45, 2.75) is 0 Å². The molecule has 3 aromatic rings. The molecule has 5 heteroatoms. The molecule has 0 bridgehead atoms. The molecular weight excluding hydrogens is 247 g/mol. The van der Waals surface area contributed by atoms with Crippen LogP contribution in [0, 0.1) is 5.82 Å². The number of aromatic hydroxyl groups is 1. The Balaban J connectivity index is 2.11. The number of fused-ring (bicyclic) bond motifs is 1. The molecule has 96 valence electrons. The maximum Gasteiger partial charge on any atom is 0.165 e. The van der Waals surface area contributed by atoms with Gasteiger partial charge in [-0.25, -0.2) is 9.37 Å². The van der Waals surface area contributed by atoms with Crippen molar-refractivity contribution in [2.24, 2.45) is 0 Å². The third kappa shape index (κ3) is 1.99. The van der Waals surface area contributed by atoms with E-state index >= 15 is 0 Å². The molecule has 2 N–H and O–H groups in total. The first-order valence-corrected chi connectivity index (χ1v) is 5.70. The van der Waals surface area contributed by atoms with Crippen molar-refractivity contribution in [1.82, 2.24) is 9.97 Å². The molecule has 0 unspecified atom stereocenters. The molecule has 3 rings (SSSR count). The number of aromatic nitrogens is 2. The predicted molar refractivity (Wildman–Crippen MR) is 69.7 cm³/mol. The van der Waals surface area contributed by atoms with Crippen LogP contribution in [0.1, 0.15) is 0 Å². The average molecular weight is 258 g/mol. The molecule has 0 amide bonds. The number of methoxy groups -OCH3 is 1. The van der Waals surface area contributed by atoms with Crippen molar-refractivity contribution in [1.29, 1.82) is 0 Å². The molecule has 0 fully saturated rings. The van der Waals surface area contributed by atoms with E-state index in [9.17, 15) is 9.50 Å². The number of rotatable bonds is 2. The second kappa shape index (κ2) is 4.28. The van der Waals surface area contributed by atoms with Gasteiger partial charge in [-0.1, -0.05) is 0 Å². The Bertz CT molecular complexity index is 752. The molecule has 0 spiro atoms. The molecule has 0 atom stereocenters. The van der Waals surface area contributed by atoms with Gasteiger partial charge < -0.3 is 14.8 Å². The summed E-state index contributed by atoms with van der Waals surface area (Å²) >= 11 is 0. The molecule has 0 aliphatic carbocycles. The van der Waals surface area contributed by atoms with E-state index in [2.05, 4.69) is 9.97 Å². The van der Waals surface area contributed by atoms with E-state index in [0.717, 1.165) is 0 Å². The first kappa shape index (κ1) is 11.5. The minimum absolute atomic E-state index is 0.156. The standard InChI is InChI=1S/C14H11FN2O2/c1-19-13-5-2-8(6-10(13)15)14-16-11-4-3-9(18)7-12(11)17-14/h2-7,18H,1H3,(H,16,17). The zero-order valence-corrected chi connectivity index (χ0v) is 10.1. The number of benzene rings is 2. The van der Waals surface area contributed by atoms with E-state index in [-0.39, 0.29) is 11.5 Å². The number of phenols is 1. The summed E-state index contributed by atoms with van der Waals surface area (Å²) in [5.74, 6) is 0.451. The summed E-state index contributed by atoms with van der Waals surface area (Å²) in [6.07, 6.45) is 0. The Morgan fingerprint density at radius 3 is 2.79 bits per heavy atom. The van der Waals surface area contributed by atoms with Crippen molar-refractivity contribution in [2.75, 3.05) is 7.11 Å². The number of H-pyrrole nitrogens is 1. The van der Waals surface area contributed by atoms with Crippen LogP contribution < -0.4 is 4.74 Å². The van der Waals surface area contributed by atoms with Crippen molar-refractivity contribution < 1.29 is 14.2 Å². The number of nitrogens with zero attached hydrogens (tertiary/aromatic N) is 1. The summed E-state index contributed by atoms with van der Waals surface area (Å²) in [6.45, 7) is 0. The van der Waals surface area contributed by atoms with Crippen LogP contribution in [0.2, 0.25) is 0 Å². The third-order valence-electron chi connectivity index (χ3n) is 2.89. The number of phenolic OH excluding ortho intramolecular Hbond substituents is 1. The summed E-state index contributed by atoms with van der Waals surface area (Å²) in [5, 5.41) is 9.40. The number of halogens is 1. The van der Waals surface area contributed by atoms with Crippen LogP contribution in [0.5, 0.6) is 11.5 Å². The van der Waals surface area contributed by atoms with Gasteiger partial charge >= 0.3 is 0 Å². The number of aromatic amines is 1. The lowest BCUT2D eigenvalue weighted by Crippen LogP contribution is -1.89. The summed E-state index contributed by atoms with van der Waals surface area (Å²) in [5.41, 5.74) is 2.03. The molecule has 4 nitrogen and oxygen atoms in total. The van der Waals surface area contributed by atoms with Crippen molar-refractivity contribution in [3.05, 3.63) is 42.2 Å². The SMILES string of the molecule is COc1ccc(-c2nc3ccc(O)cc3[nH]2)cc1F. The number of hydrogen-bond acceptors (Lipinski definition) is 3. The van der Waals surface area contributed by atoms with Gasteiger partial charge in [0.25, 0.3) is 0 Å². The van der Waals surface area contributed by atoms with Crippen LogP contribution >= 0.6 is 0 Å². The maximum atomic E-state index is 13.6. The molecule has 0 aliphatic rings. The van der Waals surface area contributed by atoms with E-state index < -0.39 is 5.82 Å². The molecule has 0 saturated heterocycles. The Morgan fingerprint density at radius 2 is 2.05 bits per heavy atom. The highest BCUT2D eigenvalue weighted by Gasteiger charge is 2.09. The zero-order chi connectivity index (χ0) is 13.4. The molecule has 2 aromatic carbocycles. The summed E-state index contributed by atoms with van der Waals surface area (Å²) < 4.78 is 18.5. The highest BCUT2D eigenvalue weighted by Crippen LogP contribution is 2.26. The van der Waals surface area contributed by atoms with Gasteiger partial charge in [0.2, 0.25) is 0 Å². The smallest absolute Gasteiger partial charge is 0.165 e. The fraction of sp³-hybridized carbons (Fsp3) is 0.0714. The minimum Gasteiger partial charge on any atom is -0.508 e. The number of hydrogen-bond donors (Lipinski definition) is 2. The normalized spacial score (nSPS) is 10.8. The molecular formula is C14H11FN2O2. The van der Waals surface area contributed by atoms with Crippen molar-refractivity contribution in [3.63, 3.8) is 0 Å². The molecule has 0 aliphatic heterocycles. The highest BCUT2D eigenvalue weighted by molar-refractivity contribution is 5.80. The van der Waals surface area contributed by atoms with Gasteiger partial charge in [0.15, 0.2) is 11.6 Å². The second-order valence-electron chi connectivity index (χ2n) is 4.14. The largest absolute Gasteiger partial charge is 0.508 e.